The van der Waals surface area contributed by atoms with Crippen molar-refractivity contribution in [2.24, 2.45) is 7.05 Å². The van der Waals surface area contributed by atoms with Gasteiger partial charge in [0.25, 0.3) is 5.91 Å². The van der Waals surface area contributed by atoms with Crippen LogP contribution in [0.5, 0.6) is 0 Å². The zero-order valence-electron chi connectivity index (χ0n) is 10.2. The molecule has 0 saturated carbocycles. The van der Waals surface area contributed by atoms with Crippen LogP contribution in [0.3, 0.4) is 0 Å². The molecule has 0 spiro atoms. The molecule has 18 heavy (non-hydrogen) atoms. The van der Waals surface area contributed by atoms with E-state index in [-0.39, 0.29) is 11.9 Å². The topological polar surface area (TPSA) is 46.9 Å². The number of hydrogen-bond donors (Lipinski definition) is 1. The fourth-order valence-corrected chi connectivity index (χ4v) is 1.77. The highest BCUT2D eigenvalue weighted by Crippen LogP contribution is 2.10. The minimum atomic E-state index is -0.424. The van der Waals surface area contributed by atoms with Gasteiger partial charge in [0.1, 0.15) is 11.6 Å². The van der Waals surface area contributed by atoms with E-state index in [1.807, 2.05) is 18.5 Å². The molecule has 4 nitrogen and oxygen atoms in total. The lowest BCUT2D eigenvalue weighted by molar-refractivity contribution is 0.0937. The smallest absolute Gasteiger partial charge is 0.251 e. The summed E-state index contributed by atoms with van der Waals surface area (Å²) in [4.78, 5) is 16.1. The first-order valence-electron chi connectivity index (χ1n) is 5.61. The molecule has 1 N–H and O–H groups in total. The number of halogens is 1. The van der Waals surface area contributed by atoms with Crippen molar-refractivity contribution in [3.8, 4) is 0 Å². The molecule has 5 heteroatoms. The van der Waals surface area contributed by atoms with Crippen LogP contribution >= 0.6 is 0 Å². The maximum atomic E-state index is 13.0. The van der Waals surface area contributed by atoms with Crippen LogP contribution in [0.2, 0.25) is 0 Å². The molecule has 0 saturated heterocycles. The summed E-state index contributed by atoms with van der Waals surface area (Å²) in [5.41, 5.74) is 0.302. The van der Waals surface area contributed by atoms with Gasteiger partial charge >= 0.3 is 0 Å². The fourth-order valence-electron chi connectivity index (χ4n) is 1.77. The van der Waals surface area contributed by atoms with Crippen LogP contribution in [-0.2, 0) is 7.05 Å². The van der Waals surface area contributed by atoms with Crippen molar-refractivity contribution in [1.82, 2.24) is 14.9 Å². The van der Waals surface area contributed by atoms with Crippen LogP contribution in [0.25, 0.3) is 0 Å². The number of carbonyl (C=O) groups excluding carboxylic acids is 1. The number of imidazole rings is 1. The lowest BCUT2D eigenvalue weighted by Crippen LogP contribution is -2.28. The summed E-state index contributed by atoms with van der Waals surface area (Å²) in [7, 11) is 1.85. The summed E-state index contributed by atoms with van der Waals surface area (Å²) >= 11 is 0. The summed E-state index contributed by atoms with van der Waals surface area (Å²) in [6.07, 6.45) is 3.47. The van der Waals surface area contributed by atoms with Crippen LogP contribution in [0.15, 0.2) is 36.7 Å². The van der Waals surface area contributed by atoms with E-state index in [0.717, 1.165) is 5.82 Å². The van der Waals surface area contributed by atoms with E-state index < -0.39 is 5.82 Å². The Morgan fingerprint density at radius 1 is 1.50 bits per heavy atom. The molecule has 2 aromatic rings. The third-order valence-electron chi connectivity index (χ3n) is 2.68. The number of rotatable bonds is 3. The third-order valence-corrected chi connectivity index (χ3v) is 2.68. The number of nitrogens with one attached hydrogen (secondary N) is 1. The van der Waals surface area contributed by atoms with E-state index in [4.69, 9.17) is 0 Å². The Bertz CT molecular complexity index is 565. The van der Waals surface area contributed by atoms with Crippen LogP contribution in [0.4, 0.5) is 4.39 Å². The molecule has 1 atom stereocenters. The Labute approximate surface area is 104 Å². The number of benzene rings is 1. The average Bonchev–Trinajstić information content (AvgIpc) is 2.75. The van der Waals surface area contributed by atoms with Gasteiger partial charge in [0, 0.05) is 25.0 Å². The van der Waals surface area contributed by atoms with Gasteiger partial charge in [-0.2, -0.15) is 0 Å². The van der Waals surface area contributed by atoms with Gasteiger partial charge in [-0.3, -0.25) is 4.79 Å². The van der Waals surface area contributed by atoms with Crippen LogP contribution in [0, 0.1) is 5.82 Å². The van der Waals surface area contributed by atoms with E-state index in [9.17, 15) is 9.18 Å². The number of amides is 1. The highest BCUT2D eigenvalue weighted by Gasteiger charge is 2.14. The quantitative estimate of drug-likeness (QED) is 0.902. The standard InChI is InChI=1S/C13H14FN3O/c1-9(12-15-6-7-17(12)2)16-13(18)10-4-3-5-11(14)8-10/h3-9H,1-2H3,(H,16,18). The van der Waals surface area contributed by atoms with E-state index in [2.05, 4.69) is 10.3 Å². The summed E-state index contributed by atoms with van der Waals surface area (Å²) in [5, 5.41) is 2.78. The lowest BCUT2D eigenvalue weighted by atomic mass is 10.2. The molecule has 1 amide bonds. The predicted octanol–water partition coefficient (Wildman–Crippen LogP) is 2.05. The average molecular weight is 247 g/mol. The first kappa shape index (κ1) is 12.3. The van der Waals surface area contributed by atoms with Gasteiger partial charge in [0.15, 0.2) is 0 Å². The number of aryl methyl sites for hydroxylation is 1. The second-order valence-electron chi connectivity index (χ2n) is 4.10. The summed E-state index contributed by atoms with van der Waals surface area (Å²) < 4.78 is 14.8. The third kappa shape index (κ3) is 2.56. The Kier molecular flexibility index (Phi) is 3.41. The van der Waals surface area contributed by atoms with Gasteiger partial charge in [-0.05, 0) is 25.1 Å². The van der Waals surface area contributed by atoms with Gasteiger partial charge < -0.3 is 9.88 Å². The molecular weight excluding hydrogens is 233 g/mol. The van der Waals surface area contributed by atoms with Crippen molar-refractivity contribution < 1.29 is 9.18 Å². The first-order valence-corrected chi connectivity index (χ1v) is 5.61. The Balaban J connectivity index is 2.10. The molecular formula is C13H14FN3O. The molecule has 94 valence electrons. The minimum absolute atomic E-state index is 0.235. The molecule has 0 aliphatic carbocycles. The minimum Gasteiger partial charge on any atom is -0.342 e. The zero-order chi connectivity index (χ0) is 13.1. The summed E-state index contributed by atoms with van der Waals surface area (Å²) in [6, 6.07) is 5.36. The number of nitrogens with zero attached hydrogens (tertiary/aromatic N) is 2. The van der Waals surface area contributed by atoms with E-state index in [0.29, 0.717) is 5.56 Å². The molecule has 0 aliphatic heterocycles. The Morgan fingerprint density at radius 3 is 2.89 bits per heavy atom. The number of carbonyl (C=O) groups is 1. The van der Waals surface area contributed by atoms with Gasteiger partial charge in [-0.1, -0.05) is 6.07 Å². The monoisotopic (exact) mass is 247 g/mol. The lowest BCUT2D eigenvalue weighted by Gasteiger charge is -2.13. The molecule has 1 aromatic carbocycles. The van der Waals surface area contributed by atoms with Crippen molar-refractivity contribution in [2.45, 2.75) is 13.0 Å². The summed E-state index contributed by atoms with van der Waals surface area (Å²) in [5.74, 6) is 0.0112. The molecule has 1 heterocycles. The molecule has 0 fully saturated rings. The first-order chi connectivity index (χ1) is 8.58. The fraction of sp³-hybridized carbons (Fsp3) is 0.231. The van der Waals surface area contributed by atoms with Gasteiger partial charge in [0.2, 0.25) is 0 Å². The maximum absolute atomic E-state index is 13.0. The molecule has 0 bridgehead atoms. The second-order valence-corrected chi connectivity index (χ2v) is 4.10. The van der Waals surface area contributed by atoms with Crippen molar-refractivity contribution in [2.75, 3.05) is 0 Å². The molecule has 1 aromatic heterocycles. The van der Waals surface area contributed by atoms with Crippen LogP contribution in [0.1, 0.15) is 29.1 Å². The van der Waals surface area contributed by atoms with Gasteiger partial charge in [-0.15, -0.1) is 0 Å². The van der Waals surface area contributed by atoms with E-state index >= 15 is 0 Å². The highest BCUT2D eigenvalue weighted by atomic mass is 19.1. The molecule has 0 radical (unpaired) electrons. The number of aromatic nitrogens is 2. The molecule has 1 unspecified atom stereocenters. The van der Waals surface area contributed by atoms with Crippen molar-refractivity contribution in [3.63, 3.8) is 0 Å². The van der Waals surface area contributed by atoms with E-state index in [1.165, 1.54) is 18.2 Å². The van der Waals surface area contributed by atoms with Crippen molar-refractivity contribution in [1.29, 1.82) is 0 Å². The normalized spacial score (nSPS) is 12.2. The Hall–Kier alpha value is -2.17. The predicted molar refractivity (Wildman–Crippen MR) is 65.5 cm³/mol. The SMILES string of the molecule is CC(NC(=O)c1cccc(F)c1)c1nccn1C. The van der Waals surface area contributed by atoms with Crippen molar-refractivity contribution >= 4 is 5.91 Å². The largest absolute Gasteiger partial charge is 0.342 e. The Morgan fingerprint density at radius 2 is 2.28 bits per heavy atom. The zero-order valence-corrected chi connectivity index (χ0v) is 10.2. The van der Waals surface area contributed by atoms with Gasteiger partial charge in [0.05, 0.1) is 6.04 Å². The van der Waals surface area contributed by atoms with Crippen LogP contribution < -0.4 is 5.32 Å². The maximum Gasteiger partial charge on any atom is 0.251 e. The second kappa shape index (κ2) is 5.00. The number of hydrogen-bond acceptors (Lipinski definition) is 2. The molecule has 2 rings (SSSR count). The van der Waals surface area contributed by atoms with Crippen LogP contribution in [-0.4, -0.2) is 15.5 Å². The molecule has 0 aliphatic rings. The van der Waals surface area contributed by atoms with E-state index in [1.54, 1.807) is 18.5 Å². The van der Waals surface area contributed by atoms with Gasteiger partial charge in [-0.25, -0.2) is 9.37 Å². The highest BCUT2D eigenvalue weighted by molar-refractivity contribution is 5.94. The summed E-state index contributed by atoms with van der Waals surface area (Å²) in [6.45, 7) is 1.83. The van der Waals surface area contributed by atoms with Crippen molar-refractivity contribution in [3.05, 3.63) is 53.9 Å².